The highest BCUT2D eigenvalue weighted by atomic mass is 35.5. The molecule has 0 unspecified atom stereocenters. The Bertz CT molecular complexity index is 890. The van der Waals surface area contributed by atoms with Gasteiger partial charge in [-0.3, -0.25) is 9.36 Å². The van der Waals surface area contributed by atoms with Crippen molar-refractivity contribution in [1.82, 2.24) is 19.7 Å². The van der Waals surface area contributed by atoms with Gasteiger partial charge in [-0.2, -0.15) is 0 Å². The molecule has 132 valence electrons. The number of hydrogen-bond acceptors (Lipinski definition) is 4. The first-order valence-electron chi connectivity index (χ1n) is 8.47. The van der Waals surface area contributed by atoms with Crippen molar-refractivity contribution in [2.24, 2.45) is 0 Å². The molecule has 0 radical (unpaired) electrons. The predicted molar refractivity (Wildman–Crippen MR) is 101 cm³/mol. The number of halogens is 1. The van der Waals surface area contributed by atoms with E-state index in [9.17, 15) is 4.79 Å². The smallest absolute Gasteiger partial charge is 0.253 e. The maximum Gasteiger partial charge on any atom is 0.253 e. The number of carbonyl (C=O) groups excluding carboxylic acids is 1. The number of nitrogens with zero attached hydrogens (tertiary/aromatic N) is 5. The topological polar surface area (TPSA) is 54.3 Å². The van der Waals surface area contributed by atoms with E-state index in [-0.39, 0.29) is 5.91 Å². The summed E-state index contributed by atoms with van der Waals surface area (Å²) in [4.78, 5) is 16.7. The molecule has 3 aromatic rings. The van der Waals surface area contributed by atoms with Gasteiger partial charge in [-0.05, 0) is 24.3 Å². The third-order valence-electron chi connectivity index (χ3n) is 4.57. The third kappa shape index (κ3) is 3.15. The summed E-state index contributed by atoms with van der Waals surface area (Å²) in [6.45, 7) is 2.75. The van der Waals surface area contributed by atoms with Gasteiger partial charge in [0.1, 0.15) is 12.7 Å². The fourth-order valence-electron chi connectivity index (χ4n) is 3.25. The zero-order chi connectivity index (χ0) is 17.9. The number of piperazine rings is 1. The molecule has 1 fully saturated rings. The maximum atomic E-state index is 12.6. The molecule has 6 nitrogen and oxygen atoms in total. The van der Waals surface area contributed by atoms with Crippen molar-refractivity contribution in [2.75, 3.05) is 31.1 Å². The predicted octanol–water partition coefficient (Wildman–Crippen LogP) is 2.88. The average molecular weight is 368 g/mol. The second-order valence-electron chi connectivity index (χ2n) is 6.12. The van der Waals surface area contributed by atoms with E-state index in [2.05, 4.69) is 15.1 Å². The summed E-state index contributed by atoms with van der Waals surface area (Å²) < 4.78 is 1.85. The molecule has 0 spiro atoms. The average Bonchev–Trinajstić information content (AvgIpc) is 3.23. The monoisotopic (exact) mass is 367 g/mol. The van der Waals surface area contributed by atoms with E-state index in [1.165, 1.54) is 0 Å². The lowest BCUT2D eigenvalue weighted by Gasteiger charge is -2.37. The third-order valence-corrected chi connectivity index (χ3v) is 4.87. The number of rotatable bonds is 3. The van der Waals surface area contributed by atoms with Gasteiger partial charge in [-0.15, -0.1) is 10.2 Å². The van der Waals surface area contributed by atoms with E-state index in [1.54, 1.807) is 12.7 Å². The quantitative estimate of drug-likeness (QED) is 0.714. The molecule has 1 aromatic heterocycles. The van der Waals surface area contributed by atoms with Crippen molar-refractivity contribution in [2.45, 2.75) is 0 Å². The van der Waals surface area contributed by atoms with Crippen molar-refractivity contribution in [3.05, 3.63) is 71.8 Å². The molecule has 1 amide bonds. The number of hydrogen-bond donors (Lipinski definition) is 0. The highest BCUT2D eigenvalue weighted by Gasteiger charge is 2.25. The summed E-state index contributed by atoms with van der Waals surface area (Å²) in [5, 5.41) is 8.44. The van der Waals surface area contributed by atoms with Crippen molar-refractivity contribution in [3.8, 4) is 5.69 Å². The van der Waals surface area contributed by atoms with Gasteiger partial charge in [-0.1, -0.05) is 35.9 Å². The number of aromatic nitrogens is 3. The van der Waals surface area contributed by atoms with Crippen LogP contribution in [0.5, 0.6) is 0 Å². The van der Waals surface area contributed by atoms with Gasteiger partial charge < -0.3 is 9.80 Å². The van der Waals surface area contributed by atoms with Crippen molar-refractivity contribution < 1.29 is 4.79 Å². The molecule has 1 saturated heterocycles. The lowest BCUT2D eigenvalue weighted by molar-refractivity contribution is 0.0747. The zero-order valence-electron chi connectivity index (χ0n) is 14.1. The van der Waals surface area contributed by atoms with Crippen LogP contribution in [-0.4, -0.2) is 51.8 Å². The molecule has 2 heterocycles. The molecule has 0 atom stereocenters. The van der Waals surface area contributed by atoms with E-state index >= 15 is 0 Å². The highest BCUT2D eigenvalue weighted by molar-refractivity contribution is 6.33. The Labute approximate surface area is 156 Å². The first-order valence-corrected chi connectivity index (χ1v) is 8.84. The van der Waals surface area contributed by atoms with Gasteiger partial charge in [0.05, 0.1) is 16.4 Å². The largest absolute Gasteiger partial charge is 0.365 e. The minimum atomic E-state index is 0.0726. The maximum absolute atomic E-state index is 12.6. The van der Waals surface area contributed by atoms with Crippen molar-refractivity contribution >= 4 is 23.2 Å². The van der Waals surface area contributed by atoms with Crippen LogP contribution < -0.4 is 4.90 Å². The van der Waals surface area contributed by atoms with E-state index < -0.39 is 0 Å². The van der Waals surface area contributed by atoms with Gasteiger partial charge in [0.2, 0.25) is 0 Å². The standard InChI is InChI=1S/C19H18ClN5O/c20-16-7-4-8-17(25-13-21-22-14-25)18(16)23-9-11-24(12-10-23)19(26)15-5-2-1-3-6-15/h1-8,13-14H,9-12H2. The minimum Gasteiger partial charge on any atom is -0.365 e. The molecule has 0 bridgehead atoms. The number of amides is 1. The fourth-order valence-corrected chi connectivity index (χ4v) is 3.54. The fraction of sp³-hybridized carbons (Fsp3) is 0.211. The zero-order valence-corrected chi connectivity index (χ0v) is 14.9. The lowest BCUT2D eigenvalue weighted by atomic mass is 10.1. The summed E-state index contributed by atoms with van der Waals surface area (Å²) >= 11 is 6.50. The van der Waals surface area contributed by atoms with Crippen molar-refractivity contribution in [1.29, 1.82) is 0 Å². The second kappa shape index (κ2) is 7.17. The lowest BCUT2D eigenvalue weighted by Crippen LogP contribution is -2.49. The molecular formula is C19H18ClN5O. The van der Waals surface area contributed by atoms with Gasteiger partial charge >= 0.3 is 0 Å². The molecule has 0 N–H and O–H groups in total. The van der Waals surface area contributed by atoms with E-state index in [1.807, 2.05) is 58.0 Å². The minimum absolute atomic E-state index is 0.0726. The molecular weight excluding hydrogens is 350 g/mol. The van der Waals surface area contributed by atoms with Crippen LogP contribution in [0.3, 0.4) is 0 Å². The molecule has 0 saturated carbocycles. The van der Waals surface area contributed by atoms with Crippen LogP contribution in [0.25, 0.3) is 5.69 Å². The number of benzene rings is 2. The Morgan fingerprint density at radius 3 is 2.27 bits per heavy atom. The van der Waals surface area contributed by atoms with Crippen LogP contribution in [0.4, 0.5) is 5.69 Å². The van der Waals surface area contributed by atoms with Crippen LogP contribution in [-0.2, 0) is 0 Å². The molecule has 0 aliphatic carbocycles. The Kier molecular flexibility index (Phi) is 4.58. The first-order chi connectivity index (χ1) is 12.7. The second-order valence-corrected chi connectivity index (χ2v) is 6.53. The Morgan fingerprint density at radius 2 is 1.58 bits per heavy atom. The molecule has 2 aromatic carbocycles. The van der Waals surface area contributed by atoms with E-state index in [0.717, 1.165) is 30.0 Å². The van der Waals surface area contributed by atoms with Crippen LogP contribution in [0, 0.1) is 0 Å². The molecule has 4 rings (SSSR count). The summed E-state index contributed by atoms with van der Waals surface area (Å²) in [6.07, 6.45) is 3.31. The van der Waals surface area contributed by atoms with Gasteiger partial charge in [0, 0.05) is 31.7 Å². The summed E-state index contributed by atoms with van der Waals surface area (Å²) in [7, 11) is 0. The summed E-state index contributed by atoms with van der Waals surface area (Å²) in [5.41, 5.74) is 2.61. The number of carbonyl (C=O) groups is 1. The molecule has 26 heavy (non-hydrogen) atoms. The Hall–Kier alpha value is -2.86. The van der Waals surface area contributed by atoms with Crippen LogP contribution >= 0.6 is 11.6 Å². The SMILES string of the molecule is O=C(c1ccccc1)N1CCN(c2c(Cl)cccc2-n2cnnc2)CC1. The number of anilines is 1. The van der Waals surface area contributed by atoms with Crippen LogP contribution in [0.2, 0.25) is 5.02 Å². The van der Waals surface area contributed by atoms with Crippen molar-refractivity contribution in [3.63, 3.8) is 0 Å². The molecule has 1 aliphatic rings. The van der Waals surface area contributed by atoms with Gasteiger partial charge in [0.15, 0.2) is 0 Å². The molecule has 1 aliphatic heterocycles. The number of para-hydroxylation sites is 1. The van der Waals surface area contributed by atoms with Gasteiger partial charge in [0.25, 0.3) is 5.91 Å². The van der Waals surface area contributed by atoms with Gasteiger partial charge in [-0.25, -0.2) is 0 Å². The summed E-state index contributed by atoms with van der Waals surface area (Å²) in [6, 6.07) is 15.2. The molecule has 7 heteroatoms. The Morgan fingerprint density at radius 1 is 0.885 bits per heavy atom. The normalized spacial score (nSPS) is 14.5. The van der Waals surface area contributed by atoms with E-state index in [0.29, 0.717) is 18.1 Å². The summed E-state index contributed by atoms with van der Waals surface area (Å²) in [5.74, 6) is 0.0726. The van der Waals surface area contributed by atoms with E-state index in [4.69, 9.17) is 11.6 Å². The van der Waals surface area contributed by atoms with Crippen LogP contribution in [0.1, 0.15) is 10.4 Å². The Balaban J connectivity index is 1.53. The first kappa shape index (κ1) is 16.6. The highest BCUT2D eigenvalue weighted by Crippen LogP contribution is 2.33. The van der Waals surface area contributed by atoms with Crippen LogP contribution in [0.15, 0.2) is 61.2 Å².